The first kappa shape index (κ1) is 15.7. The number of nitrogens with zero attached hydrogens (tertiary/aromatic N) is 3. The van der Waals surface area contributed by atoms with Gasteiger partial charge in [-0.2, -0.15) is 0 Å². The minimum absolute atomic E-state index is 0.0351. The molecular formula is C14H21ClN4O3. The molecule has 2 fully saturated rings. The van der Waals surface area contributed by atoms with E-state index in [4.69, 9.17) is 16.3 Å². The molecule has 2 aliphatic rings. The number of nitrogens with one attached hydrogen (secondary N) is 1. The van der Waals surface area contributed by atoms with Crippen molar-refractivity contribution in [2.45, 2.75) is 56.3 Å². The highest BCUT2D eigenvalue weighted by molar-refractivity contribution is 6.28. The van der Waals surface area contributed by atoms with Gasteiger partial charge in [-0.25, -0.2) is 4.98 Å². The van der Waals surface area contributed by atoms with Gasteiger partial charge >= 0.3 is 0 Å². The van der Waals surface area contributed by atoms with Crippen molar-refractivity contribution in [2.24, 2.45) is 0 Å². The minimum Gasteiger partial charge on any atom is -0.393 e. The summed E-state index contributed by atoms with van der Waals surface area (Å²) in [5, 5.41) is 16.6. The number of carbonyl (C=O) groups excluding carboxylic acids is 1. The fourth-order valence-electron chi connectivity index (χ4n) is 3.73. The van der Waals surface area contributed by atoms with Gasteiger partial charge in [-0.15, -0.1) is 5.10 Å². The number of hydrogen-bond donors (Lipinski definition) is 2. The topological polar surface area (TPSA) is 91.3 Å². The Kier molecular flexibility index (Phi) is 4.38. The van der Waals surface area contributed by atoms with Crippen molar-refractivity contribution in [3.05, 3.63) is 11.1 Å². The summed E-state index contributed by atoms with van der Waals surface area (Å²) in [6.07, 6.45) is 3.44. The van der Waals surface area contributed by atoms with Crippen LogP contribution in [0.5, 0.6) is 0 Å². The lowest BCUT2D eigenvalue weighted by molar-refractivity contribution is -0.139. The first-order chi connectivity index (χ1) is 10.5. The number of likely N-dealkylation sites (tertiary alicyclic amines) is 1. The number of rotatable bonds is 4. The summed E-state index contributed by atoms with van der Waals surface area (Å²) < 4.78 is 5.75. The Morgan fingerprint density at radius 3 is 3.09 bits per heavy atom. The average molecular weight is 329 g/mol. The van der Waals surface area contributed by atoms with Gasteiger partial charge in [-0.05, 0) is 37.3 Å². The number of aryl methyl sites for hydroxylation is 1. The van der Waals surface area contributed by atoms with Crippen LogP contribution in [0.2, 0.25) is 5.28 Å². The van der Waals surface area contributed by atoms with Gasteiger partial charge in [0.1, 0.15) is 5.82 Å². The Hall–Kier alpha value is -1.18. The number of aliphatic hydroxyl groups excluding tert-OH is 1. The van der Waals surface area contributed by atoms with Crippen LogP contribution in [0.3, 0.4) is 0 Å². The molecule has 122 valence electrons. The Bertz CT molecular complexity index is 552. The molecule has 1 aliphatic heterocycles. The molecule has 0 radical (unpaired) electrons. The predicted octanol–water partition coefficient (Wildman–Crippen LogP) is 0.922. The van der Waals surface area contributed by atoms with Crippen LogP contribution in [0.1, 0.15) is 37.9 Å². The lowest BCUT2D eigenvalue weighted by atomic mass is 9.79. The lowest BCUT2D eigenvalue weighted by Crippen LogP contribution is -2.52. The summed E-state index contributed by atoms with van der Waals surface area (Å²) in [5.74, 6) is 0.671. The van der Waals surface area contributed by atoms with Crippen molar-refractivity contribution < 1.29 is 14.6 Å². The van der Waals surface area contributed by atoms with E-state index in [9.17, 15) is 9.90 Å². The number of hydrogen-bond acceptors (Lipinski definition) is 5. The molecule has 2 N–H and O–H groups in total. The van der Waals surface area contributed by atoms with Crippen molar-refractivity contribution in [2.75, 3.05) is 13.7 Å². The van der Waals surface area contributed by atoms with Gasteiger partial charge in [-0.1, -0.05) is 0 Å². The molecule has 0 bridgehead atoms. The highest BCUT2D eigenvalue weighted by atomic mass is 35.5. The van der Waals surface area contributed by atoms with Crippen molar-refractivity contribution in [3.8, 4) is 0 Å². The molecule has 8 heteroatoms. The smallest absolute Gasteiger partial charge is 0.242 e. The van der Waals surface area contributed by atoms with Crippen molar-refractivity contribution in [1.29, 1.82) is 0 Å². The molecule has 3 rings (SSSR count). The van der Waals surface area contributed by atoms with Crippen LogP contribution in [-0.4, -0.2) is 62.5 Å². The van der Waals surface area contributed by atoms with E-state index in [0.717, 1.165) is 19.3 Å². The van der Waals surface area contributed by atoms with Crippen LogP contribution in [0, 0.1) is 0 Å². The van der Waals surface area contributed by atoms with E-state index in [1.807, 2.05) is 4.90 Å². The maximum Gasteiger partial charge on any atom is 0.242 e. The van der Waals surface area contributed by atoms with Crippen molar-refractivity contribution in [1.82, 2.24) is 20.1 Å². The van der Waals surface area contributed by atoms with E-state index in [1.54, 1.807) is 7.11 Å². The molecule has 22 heavy (non-hydrogen) atoms. The third kappa shape index (κ3) is 2.85. The molecule has 7 nitrogen and oxygen atoms in total. The third-order valence-corrected chi connectivity index (χ3v) is 5.13. The van der Waals surface area contributed by atoms with Crippen LogP contribution in [0.4, 0.5) is 0 Å². The van der Waals surface area contributed by atoms with Gasteiger partial charge in [0, 0.05) is 26.5 Å². The molecular weight excluding hydrogens is 308 g/mol. The first-order valence-corrected chi connectivity index (χ1v) is 8.01. The zero-order valence-electron chi connectivity index (χ0n) is 12.6. The standard InChI is InChI=1S/C14H21ClN4O3/c1-22-14-5-4-9(20)8-10(14)19(7-6-14)12(21)3-2-11-16-13(15)18-17-11/h9-10,20H,2-8H2,1H3,(H,16,17,18)/t9-,10+,14-/m1/s1. The lowest BCUT2D eigenvalue weighted by Gasteiger charge is -2.42. The summed E-state index contributed by atoms with van der Waals surface area (Å²) in [6.45, 7) is 0.682. The van der Waals surface area contributed by atoms with Gasteiger partial charge in [0.05, 0.1) is 17.7 Å². The molecule has 1 saturated heterocycles. The van der Waals surface area contributed by atoms with Gasteiger partial charge < -0.3 is 14.7 Å². The maximum atomic E-state index is 12.5. The molecule has 0 aromatic carbocycles. The fourth-order valence-corrected chi connectivity index (χ4v) is 3.87. The SMILES string of the molecule is CO[C@@]12CC[C@@H](O)C[C@@H]1N(C(=O)CCc1nc(Cl)n[nH]1)CC2. The number of aromatic nitrogens is 3. The predicted molar refractivity (Wildman–Crippen MR) is 79.4 cm³/mol. The Labute approximate surface area is 134 Å². The van der Waals surface area contributed by atoms with Gasteiger partial charge in [0.15, 0.2) is 0 Å². The highest BCUT2D eigenvalue weighted by Gasteiger charge is 2.52. The third-order valence-electron chi connectivity index (χ3n) is 4.96. The van der Waals surface area contributed by atoms with Crippen molar-refractivity contribution in [3.63, 3.8) is 0 Å². The van der Waals surface area contributed by atoms with Gasteiger partial charge in [-0.3, -0.25) is 9.89 Å². The van der Waals surface area contributed by atoms with Crippen molar-refractivity contribution >= 4 is 17.5 Å². The quantitative estimate of drug-likeness (QED) is 0.857. The van der Waals surface area contributed by atoms with Crippen LogP contribution in [-0.2, 0) is 16.0 Å². The molecule has 1 aliphatic carbocycles. The summed E-state index contributed by atoms with van der Waals surface area (Å²) in [5.41, 5.74) is -0.287. The molecule has 1 amide bonds. The largest absolute Gasteiger partial charge is 0.393 e. The van der Waals surface area contributed by atoms with Crippen LogP contribution in [0.15, 0.2) is 0 Å². The number of carbonyl (C=O) groups is 1. The average Bonchev–Trinajstić information content (AvgIpc) is 3.09. The summed E-state index contributed by atoms with van der Waals surface area (Å²) in [4.78, 5) is 18.4. The second-order valence-corrected chi connectivity index (χ2v) is 6.44. The first-order valence-electron chi connectivity index (χ1n) is 7.63. The second kappa shape index (κ2) is 6.14. The Morgan fingerprint density at radius 2 is 2.41 bits per heavy atom. The number of H-pyrrole nitrogens is 1. The molecule has 0 spiro atoms. The number of amides is 1. The zero-order chi connectivity index (χ0) is 15.7. The minimum atomic E-state index is -0.352. The maximum absolute atomic E-state index is 12.5. The molecule has 1 aromatic rings. The molecule has 2 heterocycles. The second-order valence-electron chi connectivity index (χ2n) is 6.10. The zero-order valence-corrected chi connectivity index (χ0v) is 13.3. The Balaban J connectivity index is 1.64. The van der Waals surface area contributed by atoms with E-state index in [2.05, 4.69) is 15.2 Å². The summed E-state index contributed by atoms with van der Waals surface area (Å²) in [7, 11) is 1.70. The summed E-state index contributed by atoms with van der Waals surface area (Å²) in [6, 6.07) is -0.0351. The van der Waals surface area contributed by atoms with Gasteiger partial charge in [0.2, 0.25) is 11.2 Å². The van der Waals surface area contributed by atoms with Gasteiger partial charge in [0.25, 0.3) is 0 Å². The van der Waals surface area contributed by atoms with E-state index >= 15 is 0 Å². The number of halogens is 1. The van der Waals surface area contributed by atoms with Crippen LogP contribution < -0.4 is 0 Å². The summed E-state index contributed by atoms with van der Waals surface area (Å²) >= 11 is 5.65. The molecule has 3 atom stereocenters. The number of fused-ring (bicyclic) bond motifs is 1. The van der Waals surface area contributed by atoms with Crippen LogP contribution >= 0.6 is 11.6 Å². The van der Waals surface area contributed by atoms with E-state index in [0.29, 0.717) is 31.6 Å². The van der Waals surface area contributed by atoms with E-state index in [-0.39, 0.29) is 28.9 Å². The fraction of sp³-hybridized carbons (Fsp3) is 0.786. The van der Waals surface area contributed by atoms with E-state index < -0.39 is 0 Å². The number of ether oxygens (including phenoxy) is 1. The highest BCUT2D eigenvalue weighted by Crippen LogP contribution is 2.42. The number of aliphatic hydroxyl groups is 1. The Morgan fingerprint density at radius 1 is 1.59 bits per heavy atom. The monoisotopic (exact) mass is 328 g/mol. The number of aromatic amines is 1. The number of methoxy groups -OCH3 is 1. The van der Waals surface area contributed by atoms with Crippen LogP contribution in [0.25, 0.3) is 0 Å². The molecule has 0 unspecified atom stereocenters. The molecule has 1 saturated carbocycles. The van der Waals surface area contributed by atoms with E-state index in [1.165, 1.54) is 0 Å². The normalized spacial score (nSPS) is 31.3. The molecule has 1 aromatic heterocycles.